The fourth-order valence-corrected chi connectivity index (χ4v) is 0.450. The predicted octanol–water partition coefficient (Wildman–Crippen LogP) is 1.17. The van der Waals surface area contributed by atoms with Crippen molar-refractivity contribution in [2.75, 3.05) is 0 Å². The van der Waals surface area contributed by atoms with Gasteiger partial charge in [-0.1, -0.05) is 5.16 Å². The van der Waals surface area contributed by atoms with Gasteiger partial charge in [-0.3, -0.25) is 0 Å². The van der Waals surface area contributed by atoms with E-state index in [0.29, 0.717) is 0 Å². The molecule has 56 valence electrons. The molecule has 0 atom stereocenters. The minimum absolute atomic E-state index is 0.340. The van der Waals surface area contributed by atoms with Gasteiger partial charge in [0.1, 0.15) is 6.42 Å². The van der Waals surface area contributed by atoms with Gasteiger partial charge in [0, 0.05) is 0 Å². The largest absolute Gasteiger partial charge is 0.396 e. The summed E-state index contributed by atoms with van der Waals surface area (Å²) in [6.07, 6.45) is -4.53. The number of hydrogen-bond acceptors (Lipinski definition) is 3. The zero-order chi connectivity index (χ0) is 7.61. The third-order valence-electron chi connectivity index (χ3n) is 0.766. The molecule has 1 heterocycles. The van der Waals surface area contributed by atoms with Crippen molar-refractivity contribution in [2.45, 2.75) is 12.6 Å². The molecule has 0 N–H and O–H groups in total. The van der Waals surface area contributed by atoms with E-state index in [1.807, 2.05) is 0 Å². The Hall–Kier alpha value is -1.07. The fourth-order valence-electron chi connectivity index (χ4n) is 0.450. The van der Waals surface area contributed by atoms with Crippen molar-refractivity contribution in [3.05, 3.63) is 12.2 Å². The van der Waals surface area contributed by atoms with Gasteiger partial charge in [0.15, 0.2) is 5.82 Å². The van der Waals surface area contributed by atoms with Crippen molar-refractivity contribution in [1.82, 2.24) is 10.1 Å². The first-order valence-electron chi connectivity index (χ1n) is 2.40. The maximum atomic E-state index is 11.5. The van der Waals surface area contributed by atoms with Crippen LogP contribution in [0.4, 0.5) is 13.2 Å². The molecule has 0 aliphatic rings. The maximum absolute atomic E-state index is 11.5. The zero-order valence-electron chi connectivity index (χ0n) is 4.72. The topological polar surface area (TPSA) is 38.9 Å². The van der Waals surface area contributed by atoms with Crippen molar-refractivity contribution in [1.29, 1.82) is 0 Å². The highest BCUT2D eigenvalue weighted by Crippen LogP contribution is 2.18. The smallest absolute Gasteiger partial charge is 0.343 e. The molecule has 0 radical (unpaired) electrons. The normalized spacial score (nSPS) is 11.9. The van der Waals surface area contributed by atoms with Crippen LogP contribution in [-0.2, 0) is 6.42 Å². The van der Waals surface area contributed by atoms with Crippen LogP contribution in [-0.4, -0.2) is 16.3 Å². The lowest BCUT2D eigenvalue weighted by Gasteiger charge is -1.99. The van der Waals surface area contributed by atoms with E-state index < -0.39 is 12.6 Å². The van der Waals surface area contributed by atoms with Crippen LogP contribution in [0.15, 0.2) is 10.9 Å². The molecule has 0 aliphatic heterocycles. The standard InChI is InChI=1S/C4H3F3N2O/c5-4(6,7)1-3-8-2-10-9-3/h2H,1H2. The quantitative estimate of drug-likeness (QED) is 0.606. The number of halogens is 3. The highest BCUT2D eigenvalue weighted by Gasteiger charge is 2.29. The summed E-state index contributed by atoms with van der Waals surface area (Å²) in [5.74, 6) is -0.340. The summed E-state index contributed by atoms with van der Waals surface area (Å²) in [6, 6.07) is 0. The van der Waals surface area contributed by atoms with Crippen LogP contribution in [0.2, 0.25) is 0 Å². The van der Waals surface area contributed by atoms with Gasteiger partial charge in [0.25, 0.3) is 0 Å². The van der Waals surface area contributed by atoms with Gasteiger partial charge < -0.3 is 4.52 Å². The summed E-state index contributed by atoms with van der Waals surface area (Å²) < 4.78 is 38.6. The Balaban J connectivity index is 2.57. The molecule has 0 saturated heterocycles. The Morgan fingerprint density at radius 1 is 1.50 bits per heavy atom. The lowest BCUT2D eigenvalue weighted by Crippen LogP contribution is -2.12. The predicted molar refractivity (Wildman–Crippen MR) is 24.1 cm³/mol. The van der Waals surface area contributed by atoms with E-state index in [9.17, 15) is 13.2 Å². The molecule has 0 fully saturated rings. The number of rotatable bonds is 1. The van der Waals surface area contributed by atoms with Crippen LogP contribution in [0, 0.1) is 0 Å². The number of aromatic nitrogens is 2. The molecule has 0 spiro atoms. The molecule has 0 bridgehead atoms. The number of alkyl halides is 3. The van der Waals surface area contributed by atoms with Gasteiger partial charge in [0.05, 0.1) is 0 Å². The SMILES string of the molecule is FC(F)(F)Cc1ncon1. The highest BCUT2D eigenvalue weighted by molar-refractivity contribution is 4.80. The Morgan fingerprint density at radius 2 is 2.20 bits per heavy atom. The van der Waals surface area contributed by atoms with E-state index in [4.69, 9.17) is 0 Å². The van der Waals surface area contributed by atoms with Gasteiger partial charge in [-0.2, -0.15) is 18.2 Å². The number of nitrogens with zero attached hydrogens (tertiary/aromatic N) is 2. The summed E-state index contributed by atoms with van der Waals surface area (Å²) in [5.41, 5.74) is 0. The molecule has 0 amide bonds. The minimum atomic E-state index is -4.26. The molecule has 0 saturated carbocycles. The van der Waals surface area contributed by atoms with Crippen LogP contribution in [0.3, 0.4) is 0 Å². The molecule has 0 aromatic carbocycles. The lowest BCUT2D eigenvalue weighted by molar-refractivity contribution is -0.128. The second-order valence-electron chi connectivity index (χ2n) is 1.64. The summed E-state index contributed by atoms with van der Waals surface area (Å²) in [6.45, 7) is 0. The molecule has 1 rings (SSSR count). The minimum Gasteiger partial charge on any atom is -0.343 e. The first-order chi connectivity index (χ1) is 4.58. The van der Waals surface area contributed by atoms with Crippen LogP contribution < -0.4 is 0 Å². The van der Waals surface area contributed by atoms with Gasteiger partial charge in [-0.05, 0) is 0 Å². The Kier molecular flexibility index (Phi) is 1.60. The second-order valence-corrected chi connectivity index (χ2v) is 1.64. The third kappa shape index (κ3) is 2.04. The maximum Gasteiger partial charge on any atom is 0.396 e. The summed E-state index contributed by atoms with van der Waals surface area (Å²) in [5, 5.41) is 3.00. The zero-order valence-corrected chi connectivity index (χ0v) is 4.72. The molecule has 6 heteroatoms. The van der Waals surface area contributed by atoms with Crippen molar-refractivity contribution >= 4 is 0 Å². The van der Waals surface area contributed by atoms with Gasteiger partial charge >= 0.3 is 6.18 Å². The Bertz CT molecular complexity index is 193. The van der Waals surface area contributed by atoms with Crippen LogP contribution in [0.25, 0.3) is 0 Å². The van der Waals surface area contributed by atoms with Crippen molar-refractivity contribution in [3.63, 3.8) is 0 Å². The van der Waals surface area contributed by atoms with E-state index >= 15 is 0 Å². The molecular formula is C4H3F3N2O. The van der Waals surface area contributed by atoms with E-state index in [-0.39, 0.29) is 5.82 Å². The Morgan fingerprint density at radius 3 is 2.60 bits per heavy atom. The average molecular weight is 152 g/mol. The van der Waals surface area contributed by atoms with Gasteiger partial charge in [-0.15, -0.1) is 0 Å². The van der Waals surface area contributed by atoms with E-state index in [2.05, 4.69) is 14.7 Å². The summed E-state index contributed by atoms with van der Waals surface area (Å²) >= 11 is 0. The Labute approximate surface area is 53.8 Å². The first-order valence-corrected chi connectivity index (χ1v) is 2.40. The van der Waals surface area contributed by atoms with E-state index in [1.54, 1.807) is 0 Å². The highest BCUT2D eigenvalue weighted by atomic mass is 19.4. The molecular weight excluding hydrogens is 149 g/mol. The molecule has 0 aliphatic carbocycles. The van der Waals surface area contributed by atoms with E-state index in [1.165, 1.54) is 0 Å². The molecule has 10 heavy (non-hydrogen) atoms. The second kappa shape index (κ2) is 2.28. The summed E-state index contributed by atoms with van der Waals surface area (Å²) in [7, 11) is 0. The van der Waals surface area contributed by atoms with E-state index in [0.717, 1.165) is 6.39 Å². The van der Waals surface area contributed by atoms with Gasteiger partial charge in [0.2, 0.25) is 6.39 Å². The number of hydrogen-bond donors (Lipinski definition) is 0. The molecule has 3 nitrogen and oxygen atoms in total. The molecule has 1 aromatic heterocycles. The van der Waals surface area contributed by atoms with Crippen LogP contribution in [0.1, 0.15) is 5.82 Å². The third-order valence-corrected chi connectivity index (χ3v) is 0.766. The van der Waals surface area contributed by atoms with Crippen LogP contribution in [0.5, 0.6) is 0 Å². The van der Waals surface area contributed by atoms with Crippen molar-refractivity contribution in [3.8, 4) is 0 Å². The molecule has 1 aromatic rings. The fraction of sp³-hybridized carbons (Fsp3) is 0.500. The molecule has 0 unspecified atom stereocenters. The lowest BCUT2D eigenvalue weighted by atomic mass is 10.4. The van der Waals surface area contributed by atoms with Crippen molar-refractivity contribution < 1.29 is 17.7 Å². The van der Waals surface area contributed by atoms with Crippen molar-refractivity contribution in [2.24, 2.45) is 0 Å². The average Bonchev–Trinajstić information content (AvgIpc) is 2.12. The van der Waals surface area contributed by atoms with Crippen LogP contribution >= 0.6 is 0 Å². The summed E-state index contributed by atoms with van der Waals surface area (Å²) in [4.78, 5) is 3.20. The monoisotopic (exact) mass is 152 g/mol. The van der Waals surface area contributed by atoms with Gasteiger partial charge in [-0.25, -0.2) is 0 Å². The first kappa shape index (κ1) is 7.04.